The average Bonchev–Trinajstić information content (AvgIpc) is 3.75. The number of aromatic nitrogens is 3. The highest BCUT2D eigenvalue weighted by atomic mass is 15.0. The Labute approximate surface area is 331 Å². The van der Waals surface area contributed by atoms with Crippen molar-refractivity contribution in [3.8, 4) is 56.2 Å². The molecule has 0 radical (unpaired) electrons. The Hall–Kier alpha value is -7.23. The summed E-state index contributed by atoms with van der Waals surface area (Å²) < 4.78 is 0. The highest BCUT2D eigenvalue weighted by Gasteiger charge is 2.51. The Morgan fingerprint density at radius 2 is 0.877 bits per heavy atom. The molecule has 0 N–H and O–H groups in total. The Kier molecular flexibility index (Phi) is 6.97. The second kappa shape index (κ2) is 12.4. The molecule has 0 saturated carbocycles. The van der Waals surface area contributed by atoms with Gasteiger partial charge in [-0.3, -0.25) is 0 Å². The first-order valence-electron chi connectivity index (χ1n) is 19.8. The Bertz CT molecular complexity index is 3070. The smallest absolute Gasteiger partial charge is 0.165 e. The molecule has 0 unspecified atom stereocenters. The lowest BCUT2D eigenvalue weighted by molar-refractivity contribution is 0.794. The number of fused-ring (bicyclic) bond motifs is 12. The molecule has 0 amide bonds. The van der Waals surface area contributed by atoms with Crippen LogP contribution in [0.4, 0.5) is 0 Å². The predicted octanol–water partition coefficient (Wildman–Crippen LogP) is 13.3. The van der Waals surface area contributed by atoms with Crippen molar-refractivity contribution in [2.45, 2.75) is 18.3 Å². The van der Waals surface area contributed by atoms with Crippen LogP contribution in [-0.2, 0) is 5.41 Å². The molecule has 1 aromatic heterocycles. The molecular formula is C54H35N3. The first-order chi connectivity index (χ1) is 28.3. The van der Waals surface area contributed by atoms with Crippen molar-refractivity contribution in [3.05, 3.63) is 216 Å². The van der Waals surface area contributed by atoms with E-state index in [1.165, 1.54) is 66.4 Å². The van der Waals surface area contributed by atoms with Gasteiger partial charge in [-0.15, -0.1) is 0 Å². The van der Waals surface area contributed by atoms with Crippen molar-refractivity contribution in [2.75, 3.05) is 0 Å². The Morgan fingerprint density at radius 3 is 1.46 bits per heavy atom. The standard InChI is InChI=1S/C54H35N3/c1-3-17-34(18-4-1)51-55-52(35-19-5-2-6-20-35)57-53(56-51)50-43-26-9-7-24-41(43)49(42-25-8-10-27-44(42)50)36-31-32-40-39-23-13-16-30-47(39)54(48(40)33-36)45-28-14-11-21-37(45)38-22-12-15-29-46(38)54/h1-5,7-19,21-33H,6,20H2. The number of nitrogens with zero attached hydrogens (tertiary/aromatic N) is 3. The molecule has 0 atom stereocenters. The van der Waals surface area contributed by atoms with Gasteiger partial charge in [0.25, 0.3) is 0 Å². The zero-order chi connectivity index (χ0) is 37.5. The second-order valence-corrected chi connectivity index (χ2v) is 15.3. The summed E-state index contributed by atoms with van der Waals surface area (Å²) in [6.45, 7) is 0. The summed E-state index contributed by atoms with van der Waals surface area (Å²) in [5, 5.41) is 4.59. The molecular weight excluding hydrogens is 691 g/mol. The number of hydrogen-bond acceptors (Lipinski definition) is 3. The van der Waals surface area contributed by atoms with Crippen LogP contribution in [0, 0.1) is 0 Å². The first kappa shape index (κ1) is 32.1. The lowest BCUT2D eigenvalue weighted by atomic mass is 9.70. The molecule has 0 bridgehead atoms. The molecule has 12 rings (SSSR count). The van der Waals surface area contributed by atoms with Gasteiger partial charge in [-0.2, -0.15) is 0 Å². The van der Waals surface area contributed by atoms with Crippen LogP contribution in [0.1, 0.15) is 40.9 Å². The van der Waals surface area contributed by atoms with Gasteiger partial charge in [0.1, 0.15) is 0 Å². The molecule has 57 heavy (non-hydrogen) atoms. The van der Waals surface area contributed by atoms with Crippen molar-refractivity contribution in [3.63, 3.8) is 0 Å². The highest BCUT2D eigenvalue weighted by Crippen LogP contribution is 2.63. The van der Waals surface area contributed by atoms with Crippen LogP contribution in [0.25, 0.3) is 83.3 Å². The molecule has 1 heterocycles. The van der Waals surface area contributed by atoms with Crippen LogP contribution >= 0.6 is 0 Å². The maximum Gasteiger partial charge on any atom is 0.165 e. The fraction of sp³-hybridized carbons (Fsp3) is 0.0556. The minimum atomic E-state index is -0.418. The summed E-state index contributed by atoms with van der Waals surface area (Å²) in [6, 6.07) is 62.2. The van der Waals surface area contributed by atoms with E-state index in [1.807, 2.05) is 18.2 Å². The highest BCUT2D eigenvalue weighted by molar-refractivity contribution is 6.21. The third-order valence-corrected chi connectivity index (χ3v) is 12.4. The normalized spacial score (nSPS) is 14.4. The van der Waals surface area contributed by atoms with Crippen molar-refractivity contribution in [1.82, 2.24) is 15.0 Å². The molecule has 3 nitrogen and oxygen atoms in total. The summed E-state index contributed by atoms with van der Waals surface area (Å²) >= 11 is 0. The van der Waals surface area contributed by atoms with Gasteiger partial charge in [0, 0.05) is 11.1 Å². The zero-order valence-electron chi connectivity index (χ0n) is 31.2. The minimum absolute atomic E-state index is 0.418. The van der Waals surface area contributed by atoms with E-state index in [0.29, 0.717) is 11.6 Å². The van der Waals surface area contributed by atoms with Gasteiger partial charge in [0.2, 0.25) is 0 Å². The molecule has 0 fully saturated rings. The summed E-state index contributed by atoms with van der Waals surface area (Å²) in [4.78, 5) is 15.6. The van der Waals surface area contributed by atoms with Crippen molar-refractivity contribution in [2.24, 2.45) is 0 Å². The van der Waals surface area contributed by atoms with Crippen molar-refractivity contribution >= 4 is 27.1 Å². The zero-order valence-corrected chi connectivity index (χ0v) is 31.2. The average molecular weight is 726 g/mol. The molecule has 1 spiro atoms. The fourth-order valence-electron chi connectivity index (χ4n) is 10.1. The van der Waals surface area contributed by atoms with Gasteiger partial charge in [-0.25, -0.2) is 15.0 Å². The molecule has 3 heteroatoms. The van der Waals surface area contributed by atoms with Crippen molar-refractivity contribution in [1.29, 1.82) is 0 Å². The number of benzene rings is 8. The monoisotopic (exact) mass is 725 g/mol. The third-order valence-electron chi connectivity index (χ3n) is 12.4. The fourth-order valence-corrected chi connectivity index (χ4v) is 10.1. The molecule has 0 aliphatic heterocycles. The second-order valence-electron chi connectivity index (χ2n) is 15.3. The molecule has 3 aliphatic carbocycles. The number of allylic oxidation sites excluding steroid dienone is 4. The van der Waals surface area contributed by atoms with Crippen LogP contribution in [0.5, 0.6) is 0 Å². The van der Waals surface area contributed by atoms with Crippen LogP contribution in [0.15, 0.2) is 188 Å². The van der Waals surface area contributed by atoms with E-state index in [4.69, 9.17) is 15.0 Å². The molecule has 0 saturated heterocycles. The quantitative estimate of drug-likeness (QED) is 0.170. The predicted molar refractivity (Wildman–Crippen MR) is 234 cm³/mol. The van der Waals surface area contributed by atoms with Crippen LogP contribution < -0.4 is 0 Å². The van der Waals surface area contributed by atoms with Gasteiger partial charge in [0.05, 0.1) is 5.41 Å². The summed E-state index contributed by atoms with van der Waals surface area (Å²) in [5.41, 5.74) is 15.7. The molecule has 8 aromatic carbocycles. The van der Waals surface area contributed by atoms with Gasteiger partial charge >= 0.3 is 0 Å². The first-order valence-corrected chi connectivity index (χ1v) is 19.8. The van der Waals surface area contributed by atoms with E-state index in [-0.39, 0.29) is 0 Å². The molecule has 266 valence electrons. The van der Waals surface area contributed by atoms with Gasteiger partial charge in [-0.05, 0) is 102 Å². The minimum Gasteiger partial charge on any atom is -0.209 e. The van der Waals surface area contributed by atoms with E-state index in [1.54, 1.807) is 0 Å². The Balaban J connectivity index is 1.14. The summed E-state index contributed by atoms with van der Waals surface area (Å²) in [6.07, 6.45) is 8.33. The largest absolute Gasteiger partial charge is 0.209 e. The summed E-state index contributed by atoms with van der Waals surface area (Å²) in [5.74, 6) is 2.11. The summed E-state index contributed by atoms with van der Waals surface area (Å²) in [7, 11) is 0. The van der Waals surface area contributed by atoms with Gasteiger partial charge in [0.15, 0.2) is 17.5 Å². The van der Waals surface area contributed by atoms with E-state index in [9.17, 15) is 0 Å². The topological polar surface area (TPSA) is 38.7 Å². The van der Waals surface area contributed by atoms with Gasteiger partial charge < -0.3 is 0 Å². The lowest BCUT2D eigenvalue weighted by Gasteiger charge is -2.30. The Morgan fingerprint density at radius 1 is 0.386 bits per heavy atom. The molecule has 9 aromatic rings. The van der Waals surface area contributed by atoms with E-state index >= 15 is 0 Å². The van der Waals surface area contributed by atoms with E-state index < -0.39 is 5.41 Å². The van der Waals surface area contributed by atoms with E-state index in [0.717, 1.165) is 46.1 Å². The van der Waals surface area contributed by atoms with Crippen LogP contribution in [0.3, 0.4) is 0 Å². The number of rotatable bonds is 4. The van der Waals surface area contributed by atoms with Crippen molar-refractivity contribution < 1.29 is 0 Å². The van der Waals surface area contributed by atoms with Gasteiger partial charge in [-0.1, -0.05) is 182 Å². The maximum atomic E-state index is 5.29. The lowest BCUT2D eigenvalue weighted by Crippen LogP contribution is -2.25. The SMILES string of the molecule is C1=CCCC(c2nc(-c3ccccc3)nc(-c3c4ccccc4c(-c4ccc5c(c4)C4(c6ccccc6-c6ccccc64)c4ccccc4-5)c4ccccc34)n2)=C1. The third kappa shape index (κ3) is 4.57. The maximum absolute atomic E-state index is 5.29. The number of hydrogen-bond donors (Lipinski definition) is 0. The molecule has 3 aliphatic rings. The van der Waals surface area contributed by atoms with Crippen LogP contribution in [-0.4, -0.2) is 15.0 Å². The van der Waals surface area contributed by atoms with E-state index in [2.05, 4.69) is 170 Å². The van der Waals surface area contributed by atoms with Crippen LogP contribution in [0.2, 0.25) is 0 Å².